The Balaban J connectivity index is 1.75. The molecule has 2 aliphatic carbocycles. The molecule has 0 aromatic heterocycles. The van der Waals surface area contributed by atoms with Crippen molar-refractivity contribution >= 4 is 23.2 Å². The zero-order valence-electron chi connectivity index (χ0n) is 11.2. The monoisotopic (exact) mass is 297 g/mol. The van der Waals surface area contributed by atoms with Gasteiger partial charge in [0.05, 0.1) is 10.0 Å². The molecule has 0 spiro atoms. The third-order valence-electron chi connectivity index (χ3n) is 4.78. The molecule has 3 heteroatoms. The minimum atomic E-state index is -0.0835. The van der Waals surface area contributed by atoms with Gasteiger partial charge in [0.2, 0.25) is 0 Å². The minimum absolute atomic E-state index is 0.0835. The van der Waals surface area contributed by atoms with E-state index in [-0.39, 0.29) is 5.54 Å². The van der Waals surface area contributed by atoms with Gasteiger partial charge < -0.3 is 5.73 Å². The number of hydrogen-bond acceptors (Lipinski definition) is 1. The molecule has 1 aromatic rings. The van der Waals surface area contributed by atoms with Crippen molar-refractivity contribution in [3.05, 3.63) is 33.8 Å². The molecule has 0 saturated heterocycles. The largest absolute Gasteiger partial charge is 0.325 e. The Kier molecular flexibility index (Phi) is 3.81. The predicted octanol–water partition coefficient (Wildman–Crippen LogP) is 4.83. The van der Waals surface area contributed by atoms with E-state index in [0.717, 1.165) is 36.7 Å². The van der Waals surface area contributed by atoms with E-state index in [2.05, 4.69) is 6.07 Å². The van der Waals surface area contributed by atoms with E-state index >= 15 is 0 Å². The summed E-state index contributed by atoms with van der Waals surface area (Å²) in [5.41, 5.74) is 7.69. The smallest absolute Gasteiger partial charge is 0.0624 e. The number of hydrogen-bond donors (Lipinski definition) is 1. The molecule has 2 fully saturated rings. The van der Waals surface area contributed by atoms with Crippen molar-refractivity contribution in [1.82, 2.24) is 0 Å². The molecular weight excluding hydrogens is 277 g/mol. The second-order valence-electron chi connectivity index (χ2n) is 6.45. The average molecular weight is 298 g/mol. The van der Waals surface area contributed by atoms with Gasteiger partial charge in [-0.05, 0) is 55.6 Å². The summed E-state index contributed by atoms with van der Waals surface area (Å²) in [7, 11) is 0. The fourth-order valence-corrected chi connectivity index (χ4v) is 4.02. The van der Waals surface area contributed by atoms with Crippen LogP contribution in [0.3, 0.4) is 0 Å². The minimum Gasteiger partial charge on any atom is -0.325 e. The number of benzene rings is 1. The van der Waals surface area contributed by atoms with Crippen molar-refractivity contribution in [1.29, 1.82) is 0 Å². The summed E-state index contributed by atoms with van der Waals surface area (Å²) < 4.78 is 0. The second kappa shape index (κ2) is 5.27. The van der Waals surface area contributed by atoms with Crippen molar-refractivity contribution in [3.63, 3.8) is 0 Å². The van der Waals surface area contributed by atoms with Crippen LogP contribution in [0, 0.1) is 11.8 Å². The molecular formula is C16H21Cl2N. The quantitative estimate of drug-likeness (QED) is 0.849. The fraction of sp³-hybridized carbons (Fsp3) is 0.625. The van der Waals surface area contributed by atoms with Gasteiger partial charge >= 0.3 is 0 Å². The van der Waals surface area contributed by atoms with E-state index in [4.69, 9.17) is 28.9 Å². The molecule has 0 radical (unpaired) electrons. The van der Waals surface area contributed by atoms with Crippen LogP contribution in [-0.4, -0.2) is 5.54 Å². The van der Waals surface area contributed by atoms with Crippen LogP contribution in [0.25, 0.3) is 0 Å². The normalized spacial score (nSPS) is 31.4. The summed E-state index contributed by atoms with van der Waals surface area (Å²) >= 11 is 12.4. The van der Waals surface area contributed by atoms with E-state index < -0.39 is 0 Å². The van der Waals surface area contributed by atoms with Crippen LogP contribution < -0.4 is 5.73 Å². The molecule has 0 amide bonds. The Morgan fingerprint density at radius 3 is 2.68 bits per heavy atom. The average Bonchev–Trinajstić information content (AvgIpc) is 3.19. The lowest BCUT2D eigenvalue weighted by molar-refractivity contribution is 0.204. The van der Waals surface area contributed by atoms with Crippen molar-refractivity contribution in [3.8, 4) is 0 Å². The molecule has 2 atom stereocenters. The lowest BCUT2D eigenvalue weighted by atomic mass is 9.72. The van der Waals surface area contributed by atoms with Gasteiger partial charge in [-0.2, -0.15) is 0 Å². The van der Waals surface area contributed by atoms with E-state index in [1.807, 2.05) is 12.1 Å². The van der Waals surface area contributed by atoms with Crippen LogP contribution >= 0.6 is 23.2 Å². The highest BCUT2D eigenvalue weighted by Gasteiger charge is 2.40. The van der Waals surface area contributed by atoms with Crippen LogP contribution in [0.5, 0.6) is 0 Å². The standard InChI is InChI=1S/C16H21Cl2N/c17-14-5-1-3-13(15(14)18)10-16(19)8-2-4-12(9-16)11-6-7-11/h1,3,5,11-12H,2,4,6-10,19H2. The maximum absolute atomic E-state index is 6.66. The molecule has 2 saturated carbocycles. The first-order valence-corrected chi connectivity index (χ1v) is 8.05. The van der Waals surface area contributed by atoms with Gasteiger partial charge in [-0.3, -0.25) is 0 Å². The molecule has 1 nitrogen and oxygen atoms in total. The first kappa shape index (κ1) is 13.7. The van der Waals surface area contributed by atoms with Crippen molar-refractivity contribution in [2.45, 2.75) is 50.5 Å². The van der Waals surface area contributed by atoms with Crippen LogP contribution in [0.15, 0.2) is 18.2 Å². The third kappa shape index (κ3) is 3.09. The Bertz CT molecular complexity index is 470. The zero-order valence-corrected chi connectivity index (χ0v) is 12.7. The van der Waals surface area contributed by atoms with Crippen molar-refractivity contribution in [2.75, 3.05) is 0 Å². The Labute approximate surface area is 125 Å². The molecule has 2 aliphatic rings. The summed E-state index contributed by atoms with van der Waals surface area (Å²) in [6.07, 6.45) is 8.58. The summed E-state index contributed by atoms with van der Waals surface area (Å²) in [6.45, 7) is 0. The van der Waals surface area contributed by atoms with E-state index in [1.165, 1.54) is 25.7 Å². The van der Waals surface area contributed by atoms with Gasteiger partial charge in [0, 0.05) is 5.54 Å². The van der Waals surface area contributed by atoms with Gasteiger partial charge in [0.15, 0.2) is 0 Å². The molecule has 0 bridgehead atoms. The number of rotatable bonds is 3. The Morgan fingerprint density at radius 1 is 1.16 bits per heavy atom. The third-order valence-corrected chi connectivity index (χ3v) is 5.64. The highest BCUT2D eigenvalue weighted by atomic mass is 35.5. The second-order valence-corrected chi connectivity index (χ2v) is 7.23. The summed E-state index contributed by atoms with van der Waals surface area (Å²) in [5, 5.41) is 1.32. The fourth-order valence-electron chi connectivity index (χ4n) is 3.64. The van der Waals surface area contributed by atoms with Crippen LogP contribution in [0.4, 0.5) is 0 Å². The zero-order chi connectivity index (χ0) is 13.5. The van der Waals surface area contributed by atoms with Crippen LogP contribution in [0.2, 0.25) is 10.0 Å². The Morgan fingerprint density at radius 2 is 1.95 bits per heavy atom. The van der Waals surface area contributed by atoms with Gasteiger partial charge in [-0.15, -0.1) is 0 Å². The van der Waals surface area contributed by atoms with Gasteiger partial charge in [-0.1, -0.05) is 48.2 Å². The van der Waals surface area contributed by atoms with E-state index in [9.17, 15) is 0 Å². The highest BCUT2D eigenvalue weighted by molar-refractivity contribution is 6.42. The SMILES string of the molecule is NC1(Cc2cccc(Cl)c2Cl)CCCC(C2CC2)C1. The number of halogens is 2. The highest BCUT2D eigenvalue weighted by Crippen LogP contribution is 2.47. The molecule has 1 aromatic carbocycles. The molecule has 2 N–H and O–H groups in total. The molecule has 0 aliphatic heterocycles. The summed E-state index contributed by atoms with van der Waals surface area (Å²) in [4.78, 5) is 0. The molecule has 0 heterocycles. The van der Waals surface area contributed by atoms with E-state index in [1.54, 1.807) is 0 Å². The van der Waals surface area contributed by atoms with Crippen molar-refractivity contribution < 1.29 is 0 Å². The van der Waals surface area contributed by atoms with Crippen LogP contribution in [0.1, 0.15) is 44.1 Å². The predicted molar refractivity (Wildman–Crippen MR) is 81.8 cm³/mol. The number of nitrogens with two attached hydrogens (primary N) is 1. The Hall–Kier alpha value is -0.240. The molecule has 2 unspecified atom stereocenters. The first-order valence-electron chi connectivity index (χ1n) is 7.29. The lowest BCUT2D eigenvalue weighted by Gasteiger charge is -2.38. The van der Waals surface area contributed by atoms with E-state index in [0.29, 0.717) is 10.0 Å². The van der Waals surface area contributed by atoms with Gasteiger partial charge in [0.1, 0.15) is 0 Å². The van der Waals surface area contributed by atoms with Gasteiger partial charge in [0.25, 0.3) is 0 Å². The molecule has 104 valence electrons. The molecule has 3 rings (SSSR count). The first-order chi connectivity index (χ1) is 9.07. The maximum Gasteiger partial charge on any atom is 0.0624 e. The van der Waals surface area contributed by atoms with Gasteiger partial charge in [-0.25, -0.2) is 0 Å². The topological polar surface area (TPSA) is 26.0 Å². The van der Waals surface area contributed by atoms with Crippen LogP contribution in [-0.2, 0) is 6.42 Å². The summed E-state index contributed by atoms with van der Waals surface area (Å²) in [6, 6.07) is 5.86. The lowest BCUT2D eigenvalue weighted by Crippen LogP contribution is -2.46. The summed E-state index contributed by atoms with van der Waals surface area (Å²) in [5.74, 6) is 1.80. The molecule has 19 heavy (non-hydrogen) atoms. The van der Waals surface area contributed by atoms with Crippen molar-refractivity contribution in [2.24, 2.45) is 17.6 Å². The maximum atomic E-state index is 6.66.